The van der Waals surface area contributed by atoms with Gasteiger partial charge in [-0.2, -0.15) is 0 Å². The minimum absolute atomic E-state index is 0.0185. The van der Waals surface area contributed by atoms with E-state index in [1.165, 1.54) is 4.90 Å². The van der Waals surface area contributed by atoms with Crippen LogP contribution in [-0.4, -0.2) is 76.6 Å². The molecular formula is C31H47N3O8. The van der Waals surface area contributed by atoms with E-state index in [9.17, 15) is 29.1 Å². The number of carbonyl (C=O) groups is 5. The number of nitrogens with two attached hydrogens (primary N) is 1. The summed E-state index contributed by atoms with van der Waals surface area (Å²) in [6.45, 7) is 11.0. The summed E-state index contributed by atoms with van der Waals surface area (Å²) < 4.78 is 11.6. The van der Waals surface area contributed by atoms with E-state index in [0.717, 1.165) is 5.56 Å². The Kier molecular flexibility index (Phi) is 13.4. The number of carbonyl (C=O) groups excluding carboxylic acids is 4. The third kappa shape index (κ3) is 10.1. The predicted octanol–water partition coefficient (Wildman–Crippen LogP) is 2.69. The van der Waals surface area contributed by atoms with Gasteiger partial charge in [-0.15, -0.1) is 0 Å². The number of nitrogens with zero attached hydrogens (tertiary/aromatic N) is 1. The second-order valence-electron chi connectivity index (χ2n) is 11.8. The van der Waals surface area contributed by atoms with E-state index in [2.05, 4.69) is 5.32 Å². The van der Waals surface area contributed by atoms with Gasteiger partial charge in [0.25, 0.3) is 0 Å². The van der Waals surface area contributed by atoms with Gasteiger partial charge in [-0.25, -0.2) is 4.79 Å². The van der Waals surface area contributed by atoms with Crippen molar-refractivity contribution < 1.29 is 38.6 Å². The number of carboxylic acid groups (broad SMARTS) is 1. The number of ether oxygens (including phenoxy) is 2. The first kappa shape index (κ1) is 34.7. The number of carboxylic acids is 1. The maximum absolute atomic E-state index is 13.7. The van der Waals surface area contributed by atoms with Gasteiger partial charge in [0.2, 0.25) is 11.8 Å². The van der Waals surface area contributed by atoms with Gasteiger partial charge in [-0.3, -0.25) is 19.2 Å². The Morgan fingerprint density at radius 2 is 1.69 bits per heavy atom. The summed E-state index contributed by atoms with van der Waals surface area (Å²) in [7, 11) is 0. The Hall–Kier alpha value is -3.47. The molecule has 11 nitrogen and oxygen atoms in total. The molecule has 0 spiro atoms. The quantitative estimate of drug-likeness (QED) is 0.261. The lowest BCUT2D eigenvalue weighted by atomic mass is 9.99. The van der Waals surface area contributed by atoms with Crippen molar-refractivity contribution in [3.63, 3.8) is 0 Å². The topological polar surface area (TPSA) is 165 Å². The Morgan fingerprint density at radius 3 is 2.24 bits per heavy atom. The predicted molar refractivity (Wildman–Crippen MR) is 156 cm³/mol. The van der Waals surface area contributed by atoms with Gasteiger partial charge in [0, 0.05) is 31.7 Å². The molecule has 2 amide bonds. The number of hydrogen-bond donors (Lipinski definition) is 3. The van der Waals surface area contributed by atoms with Gasteiger partial charge in [0.05, 0.1) is 12.5 Å². The van der Waals surface area contributed by atoms with Crippen molar-refractivity contribution >= 4 is 29.7 Å². The molecule has 0 aliphatic carbocycles. The Morgan fingerprint density at radius 1 is 1.05 bits per heavy atom. The smallest absolute Gasteiger partial charge is 0.329 e. The second-order valence-corrected chi connectivity index (χ2v) is 11.8. The highest BCUT2D eigenvalue weighted by Gasteiger charge is 2.48. The van der Waals surface area contributed by atoms with Gasteiger partial charge in [-0.1, -0.05) is 71.9 Å². The molecule has 2 rings (SSSR count). The van der Waals surface area contributed by atoms with Crippen LogP contribution >= 0.6 is 0 Å². The van der Waals surface area contributed by atoms with Gasteiger partial charge in [0.15, 0.2) is 0 Å². The van der Waals surface area contributed by atoms with Gasteiger partial charge in [-0.05, 0) is 23.8 Å². The fourth-order valence-corrected chi connectivity index (χ4v) is 4.82. The third-order valence-electron chi connectivity index (χ3n) is 7.51. The highest BCUT2D eigenvalue weighted by Crippen LogP contribution is 2.29. The van der Waals surface area contributed by atoms with E-state index in [1.54, 1.807) is 45.0 Å². The summed E-state index contributed by atoms with van der Waals surface area (Å²) in [5.74, 6) is -3.96. The molecule has 1 saturated heterocycles. The maximum Gasteiger partial charge on any atom is 0.329 e. The Bertz CT molecular complexity index is 1080. The lowest BCUT2D eigenvalue weighted by molar-refractivity contribution is -0.168. The van der Waals surface area contributed by atoms with E-state index < -0.39 is 60.6 Å². The summed E-state index contributed by atoms with van der Waals surface area (Å²) in [5, 5.41) is 12.5. The molecule has 42 heavy (non-hydrogen) atoms. The highest BCUT2D eigenvalue weighted by atomic mass is 16.6. The molecule has 1 unspecified atom stereocenters. The van der Waals surface area contributed by atoms with Crippen LogP contribution in [-0.2, 0) is 39.9 Å². The Labute approximate surface area is 248 Å². The van der Waals surface area contributed by atoms with Crippen LogP contribution in [0.1, 0.15) is 72.8 Å². The maximum atomic E-state index is 13.7. The van der Waals surface area contributed by atoms with Gasteiger partial charge >= 0.3 is 17.9 Å². The van der Waals surface area contributed by atoms with Crippen molar-refractivity contribution in [2.75, 3.05) is 6.54 Å². The molecule has 6 atom stereocenters. The molecule has 1 aromatic carbocycles. The van der Waals surface area contributed by atoms with Crippen LogP contribution in [0, 0.1) is 17.8 Å². The van der Waals surface area contributed by atoms with Crippen LogP contribution in [0.2, 0.25) is 0 Å². The number of likely N-dealkylation sites (tertiary alicyclic amines) is 1. The van der Waals surface area contributed by atoms with Crippen molar-refractivity contribution in [2.45, 2.75) is 104 Å². The minimum Gasteiger partial charge on any atom is -0.481 e. The molecule has 1 heterocycles. The number of aliphatic carboxylic acids is 1. The number of nitrogens with one attached hydrogen (secondary N) is 1. The molecule has 4 N–H and O–H groups in total. The zero-order chi connectivity index (χ0) is 31.6. The molecule has 0 radical (unpaired) electrons. The summed E-state index contributed by atoms with van der Waals surface area (Å²) in [4.78, 5) is 65.9. The Balaban J connectivity index is 2.45. The standard InChI is InChI=1S/C31H47N3O8/c1-7-20(6)29(38)33-22(16-21-11-9-8-10-12-21)31(40)42-24(17-25(35)36)28-23(41-26(37)15-18(2)3)13-14-34(28)30(39)27(32)19(4)5/h8-12,18-20,22-24,27-28H,7,13-17,32H2,1-6H3,(H,33,38)(H,35,36)/t20?,22-,23+,24-,27-,28-/m0/s1. The number of esters is 2. The summed E-state index contributed by atoms with van der Waals surface area (Å²) in [5.41, 5.74) is 6.94. The zero-order valence-electron chi connectivity index (χ0n) is 25.6. The highest BCUT2D eigenvalue weighted by molar-refractivity contribution is 5.86. The van der Waals surface area contributed by atoms with E-state index in [0.29, 0.717) is 6.42 Å². The van der Waals surface area contributed by atoms with E-state index in [4.69, 9.17) is 15.2 Å². The molecule has 1 fully saturated rings. The molecule has 11 heteroatoms. The lowest BCUT2D eigenvalue weighted by Crippen LogP contribution is -2.56. The van der Waals surface area contributed by atoms with Gasteiger partial charge in [0.1, 0.15) is 24.3 Å². The SMILES string of the molecule is CCC(C)C(=O)N[C@@H](Cc1ccccc1)C(=O)O[C@@H](CC(=O)O)[C@@H]1[C@H](OC(=O)CC(C)C)CCN1C(=O)[C@@H](N)C(C)C. The summed E-state index contributed by atoms with van der Waals surface area (Å²) >= 11 is 0. The van der Waals surface area contributed by atoms with Crippen LogP contribution in [0.5, 0.6) is 0 Å². The van der Waals surface area contributed by atoms with Crippen LogP contribution < -0.4 is 11.1 Å². The number of hydrogen-bond acceptors (Lipinski definition) is 8. The summed E-state index contributed by atoms with van der Waals surface area (Å²) in [6, 6.07) is 5.97. The van der Waals surface area contributed by atoms with Crippen LogP contribution in [0.3, 0.4) is 0 Å². The molecular weight excluding hydrogens is 542 g/mol. The molecule has 1 aliphatic heterocycles. The van der Waals surface area contributed by atoms with Crippen LogP contribution in [0.25, 0.3) is 0 Å². The van der Waals surface area contributed by atoms with E-state index in [1.807, 2.05) is 26.8 Å². The molecule has 234 valence electrons. The molecule has 0 bridgehead atoms. The molecule has 0 saturated carbocycles. The van der Waals surface area contributed by atoms with Crippen LogP contribution in [0.15, 0.2) is 30.3 Å². The van der Waals surface area contributed by atoms with E-state index >= 15 is 0 Å². The first-order valence-electron chi connectivity index (χ1n) is 14.8. The zero-order valence-corrected chi connectivity index (χ0v) is 25.6. The monoisotopic (exact) mass is 589 g/mol. The average Bonchev–Trinajstić information content (AvgIpc) is 3.33. The van der Waals surface area contributed by atoms with Crippen molar-refractivity contribution in [2.24, 2.45) is 23.5 Å². The largest absolute Gasteiger partial charge is 0.481 e. The normalized spacial score (nSPS) is 19.6. The first-order valence-corrected chi connectivity index (χ1v) is 14.8. The van der Waals surface area contributed by atoms with Gasteiger partial charge < -0.3 is 30.5 Å². The average molecular weight is 590 g/mol. The van der Waals surface area contributed by atoms with Crippen molar-refractivity contribution in [1.82, 2.24) is 10.2 Å². The van der Waals surface area contributed by atoms with Crippen LogP contribution in [0.4, 0.5) is 0 Å². The van der Waals surface area contributed by atoms with Crippen molar-refractivity contribution in [3.05, 3.63) is 35.9 Å². The lowest BCUT2D eigenvalue weighted by Gasteiger charge is -2.36. The number of benzene rings is 1. The number of rotatable bonds is 15. The minimum atomic E-state index is -1.36. The van der Waals surface area contributed by atoms with Crippen molar-refractivity contribution in [3.8, 4) is 0 Å². The summed E-state index contributed by atoms with van der Waals surface area (Å²) in [6.07, 6.45) is -1.88. The third-order valence-corrected chi connectivity index (χ3v) is 7.51. The number of amides is 2. The second kappa shape index (κ2) is 16.2. The van der Waals surface area contributed by atoms with Crippen molar-refractivity contribution in [1.29, 1.82) is 0 Å². The molecule has 1 aliphatic rings. The fourth-order valence-electron chi connectivity index (χ4n) is 4.82. The first-order chi connectivity index (χ1) is 19.7. The van der Waals surface area contributed by atoms with E-state index in [-0.39, 0.29) is 49.5 Å². The molecule has 1 aromatic rings. The fraction of sp³-hybridized carbons (Fsp3) is 0.645. The molecule has 0 aromatic heterocycles.